The molecule has 8 nitrogen and oxygen atoms in total. The molecule has 0 radical (unpaired) electrons. The first kappa shape index (κ1) is 17.9. The summed E-state index contributed by atoms with van der Waals surface area (Å²) in [5.41, 5.74) is 1.17. The molecule has 0 saturated heterocycles. The molecule has 0 bridgehead atoms. The Labute approximate surface area is 153 Å². The van der Waals surface area contributed by atoms with Gasteiger partial charge in [-0.1, -0.05) is 18.2 Å². The van der Waals surface area contributed by atoms with Crippen molar-refractivity contribution in [1.82, 2.24) is 0 Å². The maximum Gasteiger partial charge on any atom is 0.335 e. The number of nitrogens with zero attached hydrogens (tertiary/aromatic N) is 1. The summed E-state index contributed by atoms with van der Waals surface area (Å²) in [4.78, 5) is 34.1. The molecule has 1 aromatic heterocycles. The zero-order valence-corrected chi connectivity index (χ0v) is 14.1. The summed E-state index contributed by atoms with van der Waals surface area (Å²) in [7, 11) is 0. The number of para-hydroxylation sites is 1. The highest BCUT2D eigenvalue weighted by molar-refractivity contribution is 6.03. The van der Waals surface area contributed by atoms with Gasteiger partial charge < -0.3 is 14.8 Å². The fourth-order valence-electron chi connectivity index (χ4n) is 2.52. The van der Waals surface area contributed by atoms with E-state index in [1.54, 1.807) is 19.1 Å². The number of hydrogen-bond acceptors (Lipinski definition) is 5. The predicted molar refractivity (Wildman–Crippen MR) is 96.9 cm³/mol. The Bertz CT molecular complexity index is 1050. The van der Waals surface area contributed by atoms with Crippen molar-refractivity contribution in [2.45, 2.75) is 6.92 Å². The normalized spacial score (nSPS) is 10.4. The molecule has 136 valence electrons. The molecule has 2 N–H and O–H groups in total. The quantitative estimate of drug-likeness (QED) is 0.517. The van der Waals surface area contributed by atoms with Gasteiger partial charge in [-0.3, -0.25) is 14.9 Å². The third-order valence-corrected chi connectivity index (χ3v) is 3.93. The van der Waals surface area contributed by atoms with Crippen LogP contribution in [0.15, 0.2) is 59.0 Å². The number of anilines is 1. The maximum absolute atomic E-state index is 12.4. The number of carboxylic acids is 1. The Morgan fingerprint density at radius 2 is 1.85 bits per heavy atom. The van der Waals surface area contributed by atoms with Crippen LogP contribution in [0.4, 0.5) is 11.4 Å². The van der Waals surface area contributed by atoms with Gasteiger partial charge in [0.1, 0.15) is 5.76 Å². The molecule has 3 rings (SSSR count). The second-order valence-corrected chi connectivity index (χ2v) is 5.73. The first-order valence-electron chi connectivity index (χ1n) is 7.85. The van der Waals surface area contributed by atoms with Gasteiger partial charge in [-0.15, -0.1) is 0 Å². The number of furan rings is 1. The lowest BCUT2D eigenvalue weighted by atomic mass is 10.1. The SMILES string of the molecule is Cc1ccc(C(=O)O)cc1NC(=O)c1ccc(-c2ccccc2[N+](=O)[O-])o1. The monoisotopic (exact) mass is 366 g/mol. The Morgan fingerprint density at radius 1 is 1.11 bits per heavy atom. The van der Waals surface area contributed by atoms with E-state index in [4.69, 9.17) is 9.52 Å². The maximum atomic E-state index is 12.4. The van der Waals surface area contributed by atoms with Crippen molar-refractivity contribution in [2.75, 3.05) is 5.32 Å². The Morgan fingerprint density at radius 3 is 2.56 bits per heavy atom. The minimum atomic E-state index is -1.11. The summed E-state index contributed by atoms with van der Waals surface area (Å²) in [5, 5.41) is 22.8. The van der Waals surface area contributed by atoms with E-state index in [2.05, 4.69) is 5.32 Å². The summed E-state index contributed by atoms with van der Waals surface area (Å²) in [6, 6.07) is 13.3. The van der Waals surface area contributed by atoms with Crippen LogP contribution in [0.1, 0.15) is 26.5 Å². The zero-order chi connectivity index (χ0) is 19.6. The number of benzene rings is 2. The topological polar surface area (TPSA) is 123 Å². The molecular formula is C19H14N2O6. The van der Waals surface area contributed by atoms with Crippen LogP contribution in [-0.2, 0) is 0 Å². The van der Waals surface area contributed by atoms with E-state index in [0.29, 0.717) is 11.3 Å². The molecule has 0 saturated carbocycles. The number of amides is 1. The van der Waals surface area contributed by atoms with Crippen molar-refractivity contribution in [2.24, 2.45) is 0 Å². The van der Waals surface area contributed by atoms with E-state index in [-0.39, 0.29) is 28.3 Å². The third kappa shape index (κ3) is 3.69. The number of carboxylic acid groups (broad SMARTS) is 1. The van der Waals surface area contributed by atoms with E-state index in [0.717, 1.165) is 0 Å². The molecule has 0 aliphatic heterocycles. The lowest BCUT2D eigenvalue weighted by molar-refractivity contribution is -0.384. The van der Waals surface area contributed by atoms with Crippen molar-refractivity contribution < 1.29 is 24.0 Å². The van der Waals surface area contributed by atoms with E-state index in [9.17, 15) is 19.7 Å². The van der Waals surface area contributed by atoms with Gasteiger partial charge >= 0.3 is 5.97 Å². The van der Waals surface area contributed by atoms with Gasteiger partial charge in [0.25, 0.3) is 11.6 Å². The van der Waals surface area contributed by atoms with Crippen LogP contribution in [-0.4, -0.2) is 21.9 Å². The van der Waals surface area contributed by atoms with E-state index >= 15 is 0 Å². The molecule has 0 aliphatic carbocycles. The number of rotatable bonds is 5. The van der Waals surface area contributed by atoms with Crippen molar-refractivity contribution in [3.8, 4) is 11.3 Å². The summed E-state index contributed by atoms with van der Waals surface area (Å²) >= 11 is 0. The van der Waals surface area contributed by atoms with E-state index < -0.39 is 16.8 Å². The highest BCUT2D eigenvalue weighted by atomic mass is 16.6. The number of nitrogens with one attached hydrogen (secondary N) is 1. The van der Waals surface area contributed by atoms with Gasteiger partial charge in [0.15, 0.2) is 5.76 Å². The average Bonchev–Trinajstić information content (AvgIpc) is 3.13. The summed E-state index contributed by atoms with van der Waals surface area (Å²) < 4.78 is 5.48. The summed E-state index contributed by atoms with van der Waals surface area (Å²) in [5.74, 6) is -1.57. The molecule has 0 unspecified atom stereocenters. The van der Waals surface area contributed by atoms with Crippen LogP contribution in [0.3, 0.4) is 0 Å². The molecule has 1 amide bonds. The molecule has 8 heteroatoms. The van der Waals surface area contributed by atoms with Gasteiger partial charge in [-0.2, -0.15) is 0 Å². The highest BCUT2D eigenvalue weighted by Gasteiger charge is 2.20. The number of carbonyl (C=O) groups excluding carboxylic acids is 1. The highest BCUT2D eigenvalue weighted by Crippen LogP contribution is 2.31. The molecule has 3 aromatic rings. The van der Waals surface area contributed by atoms with Gasteiger partial charge in [0.05, 0.1) is 16.1 Å². The average molecular weight is 366 g/mol. The Hall–Kier alpha value is -3.94. The number of hydrogen-bond donors (Lipinski definition) is 2. The fraction of sp³-hybridized carbons (Fsp3) is 0.0526. The van der Waals surface area contributed by atoms with E-state index in [1.165, 1.54) is 42.5 Å². The minimum Gasteiger partial charge on any atom is -0.478 e. The first-order valence-corrected chi connectivity index (χ1v) is 7.85. The zero-order valence-electron chi connectivity index (χ0n) is 14.1. The van der Waals surface area contributed by atoms with Crippen LogP contribution in [0.25, 0.3) is 11.3 Å². The molecule has 0 aliphatic rings. The van der Waals surface area contributed by atoms with Crippen LogP contribution < -0.4 is 5.32 Å². The van der Waals surface area contributed by atoms with Gasteiger partial charge in [-0.05, 0) is 42.8 Å². The van der Waals surface area contributed by atoms with Crippen molar-refractivity contribution in [1.29, 1.82) is 0 Å². The number of nitro groups is 1. The third-order valence-electron chi connectivity index (χ3n) is 3.93. The van der Waals surface area contributed by atoms with Gasteiger partial charge in [0, 0.05) is 11.8 Å². The largest absolute Gasteiger partial charge is 0.478 e. The number of nitro benzene ring substituents is 1. The molecule has 0 spiro atoms. The van der Waals surface area contributed by atoms with Crippen LogP contribution >= 0.6 is 0 Å². The molecule has 1 heterocycles. The lowest BCUT2D eigenvalue weighted by Gasteiger charge is -2.08. The Kier molecular flexibility index (Phi) is 4.71. The van der Waals surface area contributed by atoms with Crippen LogP contribution in [0.5, 0.6) is 0 Å². The Balaban J connectivity index is 1.88. The molecule has 27 heavy (non-hydrogen) atoms. The number of aryl methyl sites for hydroxylation is 1. The van der Waals surface area contributed by atoms with E-state index in [1.807, 2.05) is 0 Å². The first-order chi connectivity index (χ1) is 12.9. The second kappa shape index (κ2) is 7.12. The molecule has 0 fully saturated rings. The number of aromatic carboxylic acids is 1. The smallest absolute Gasteiger partial charge is 0.335 e. The number of carbonyl (C=O) groups is 2. The molecular weight excluding hydrogens is 352 g/mol. The molecule has 2 aromatic carbocycles. The predicted octanol–water partition coefficient (Wildman–Crippen LogP) is 4.11. The standard InChI is InChI=1S/C19H14N2O6/c1-11-6-7-12(19(23)24)10-14(11)20-18(22)17-9-8-16(27-17)13-4-2-3-5-15(13)21(25)26/h2-10H,1H3,(H,20,22)(H,23,24). The van der Waals surface area contributed by atoms with Crippen molar-refractivity contribution in [3.05, 3.63) is 81.6 Å². The molecule has 0 atom stereocenters. The van der Waals surface area contributed by atoms with Crippen LogP contribution in [0.2, 0.25) is 0 Å². The fourth-order valence-corrected chi connectivity index (χ4v) is 2.52. The summed E-state index contributed by atoms with van der Waals surface area (Å²) in [6.45, 7) is 1.72. The second-order valence-electron chi connectivity index (χ2n) is 5.73. The summed E-state index contributed by atoms with van der Waals surface area (Å²) in [6.07, 6.45) is 0. The van der Waals surface area contributed by atoms with Gasteiger partial charge in [0.2, 0.25) is 0 Å². The lowest BCUT2D eigenvalue weighted by Crippen LogP contribution is -2.12. The van der Waals surface area contributed by atoms with Crippen molar-refractivity contribution in [3.63, 3.8) is 0 Å². The minimum absolute atomic E-state index is 0.0379. The van der Waals surface area contributed by atoms with Crippen molar-refractivity contribution >= 4 is 23.3 Å². The van der Waals surface area contributed by atoms with Gasteiger partial charge in [-0.25, -0.2) is 4.79 Å². The van der Waals surface area contributed by atoms with Crippen LogP contribution in [0, 0.1) is 17.0 Å².